The number of ether oxygens (including phenoxy) is 1. The number of piperazine rings is 1. The van der Waals surface area contributed by atoms with Gasteiger partial charge < -0.3 is 14.7 Å². The van der Waals surface area contributed by atoms with Crippen LogP contribution in [0.3, 0.4) is 0 Å². The molecular formula is C21H25ClN2O5S. The summed E-state index contributed by atoms with van der Waals surface area (Å²) in [7, 11) is -3.67. The van der Waals surface area contributed by atoms with Gasteiger partial charge in [-0.05, 0) is 62.7 Å². The standard InChI is InChI=1S/C21H25ClN2O5S/c1-15-13-18(7-8-19(15)29-21(2,3)20(25)26)30(27,28)24-11-9-23(10-12-24)17-6-4-5-16(22)14-17/h4-8,13-14H,9-12H2,1-3H3,(H,25,26). The fourth-order valence-corrected chi connectivity index (χ4v) is 4.92. The third-order valence-corrected chi connectivity index (χ3v) is 7.21. The largest absolute Gasteiger partial charge is 0.478 e. The Kier molecular flexibility index (Phi) is 6.31. The molecule has 0 saturated carbocycles. The van der Waals surface area contributed by atoms with Gasteiger partial charge in [0.15, 0.2) is 5.60 Å². The van der Waals surface area contributed by atoms with E-state index in [-0.39, 0.29) is 4.90 Å². The Balaban J connectivity index is 1.73. The van der Waals surface area contributed by atoms with Gasteiger partial charge in [0.1, 0.15) is 5.75 Å². The summed E-state index contributed by atoms with van der Waals surface area (Å²) in [4.78, 5) is 13.5. The Labute approximate surface area is 181 Å². The number of hydrogen-bond acceptors (Lipinski definition) is 5. The van der Waals surface area contributed by atoms with Crippen LogP contribution >= 0.6 is 11.6 Å². The maximum absolute atomic E-state index is 13.1. The van der Waals surface area contributed by atoms with Crippen molar-refractivity contribution in [2.75, 3.05) is 31.1 Å². The van der Waals surface area contributed by atoms with Crippen LogP contribution in [0, 0.1) is 6.92 Å². The molecule has 3 rings (SSSR count). The van der Waals surface area contributed by atoms with Crippen molar-refractivity contribution in [1.29, 1.82) is 0 Å². The Morgan fingerprint density at radius 2 is 1.77 bits per heavy atom. The molecule has 1 heterocycles. The van der Waals surface area contributed by atoms with E-state index in [4.69, 9.17) is 16.3 Å². The number of benzene rings is 2. The molecule has 1 fully saturated rings. The number of carboxylic acids is 1. The van der Waals surface area contributed by atoms with Gasteiger partial charge in [-0.1, -0.05) is 17.7 Å². The maximum atomic E-state index is 13.1. The third kappa shape index (κ3) is 4.71. The molecule has 0 radical (unpaired) electrons. The number of nitrogens with zero attached hydrogens (tertiary/aromatic N) is 2. The highest BCUT2D eigenvalue weighted by molar-refractivity contribution is 7.89. The molecule has 162 valence electrons. The van der Waals surface area contributed by atoms with Gasteiger partial charge in [-0.25, -0.2) is 13.2 Å². The zero-order valence-electron chi connectivity index (χ0n) is 17.1. The molecule has 30 heavy (non-hydrogen) atoms. The van der Waals surface area contributed by atoms with E-state index in [0.717, 1.165) is 5.69 Å². The minimum absolute atomic E-state index is 0.164. The molecule has 1 saturated heterocycles. The van der Waals surface area contributed by atoms with Crippen molar-refractivity contribution in [2.45, 2.75) is 31.3 Å². The smallest absolute Gasteiger partial charge is 0.347 e. The molecular weight excluding hydrogens is 428 g/mol. The fourth-order valence-electron chi connectivity index (χ4n) is 3.22. The molecule has 1 N–H and O–H groups in total. The highest BCUT2D eigenvalue weighted by Crippen LogP contribution is 2.28. The Bertz CT molecular complexity index is 1050. The molecule has 9 heteroatoms. The molecule has 7 nitrogen and oxygen atoms in total. The first-order chi connectivity index (χ1) is 14.0. The molecule has 1 aliphatic rings. The maximum Gasteiger partial charge on any atom is 0.347 e. The van der Waals surface area contributed by atoms with Crippen LogP contribution in [-0.4, -0.2) is 55.6 Å². The molecule has 0 amide bonds. The van der Waals surface area contributed by atoms with Crippen LogP contribution in [0.25, 0.3) is 0 Å². The van der Waals surface area contributed by atoms with Crippen molar-refractivity contribution in [3.8, 4) is 5.75 Å². The molecule has 0 aromatic heterocycles. The second-order valence-electron chi connectivity index (χ2n) is 7.72. The molecule has 1 aliphatic heterocycles. The summed E-state index contributed by atoms with van der Waals surface area (Å²) in [5.74, 6) is -0.761. The minimum Gasteiger partial charge on any atom is -0.478 e. The summed E-state index contributed by atoms with van der Waals surface area (Å²) in [6.45, 7) is 6.43. The van der Waals surface area contributed by atoms with E-state index in [1.54, 1.807) is 13.0 Å². The summed E-state index contributed by atoms with van der Waals surface area (Å²) in [6, 6.07) is 12.0. The predicted octanol–water partition coefficient (Wildman–Crippen LogP) is 3.40. The lowest BCUT2D eigenvalue weighted by molar-refractivity contribution is -0.152. The van der Waals surface area contributed by atoms with Crippen molar-refractivity contribution < 1.29 is 23.1 Å². The van der Waals surface area contributed by atoms with Gasteiger partial charge in [0.05, 0.1) is 4.90 Å². The zero-order chi connectivity index (χ0) is 22.1. The SMILES string of the molecule is Cc1cc(S(=O)(=O)N2CCN(c3cccc(Cl)c3)CC2)ccc1OC(C)(C)C(=O)O. The topological polar surface area (TPSA) is 87.2 Å². The number of rotatable bonds is 6. The highest BCUT2D eigenvalue weighted by atomic mass is 35.5. The van der Waals surface area contributed by atoms with Crippen molar-refractivity contribution in [1.82, 2.24) is 4.31 Å². The lowest BCUT2D eigenvalue weighted by atomic mass is 10.1. The molecule has 0 spiro atoms. The van der Waals surface area contributed by atoms with Crippen molar-refractivity contribution >= 4 is 33.3 Å². The number of aryl methyl sites for hydroxylation is 1. The predicted molar refractivity (Wildman–Crippen MR) is 116 cm³/mol. The van der Waals surface area contributed by atoms with E-state index >= 15 is 0 Å². The van der Waals surface area contributed by atoms with E-state index in [0.29, 0.717) is 42.5 Å². The number of halogens is 1. The number of carbonyl (C=O) groups is 1. The lowest BCUT2D eigenvalue weighted by Crippen LogP contribution is -2.48. The zero-order valence-corrected chi connectivity index (χ0v) is 18.7. The number of anilines is 1. The van der Waals surface area contributed by atoms with Gasteiger partial charge in [0.25, 0.3) is 0 Å². The monoisotopic (exact) mass is 452 g/mol. The number of hydrogen-bond donors (Lipinski definition) is 1. The molecule has 0 aliphatic carbocycles. The van der Waals surface area contributed by atoms with Crippen LogP contribution in [0.1, 0.15) is 19.4 Å². The number of aliphatic carboxylic acids is 1. The van der Waals surface area contributed by atoms with E-state index in [1.807, 2.05) is 18.2 Å². The first-order valence-corrected chi connectivity index (χ1v) is 11.4. The summed E-state index contributed by atoms with van der Waals surface area (Å²) < 4.78 is 33.2. The number of sulfonamides is 1. The fraction of sp³-hybridized carbons (Fsp3) is 0.381. The average Bonchev–Trinajstić information content (AvgIpc) is 2.69. The van der Waals surface area contributed by atoms with Gasteiger partial charge in [0.2, 0.25) is 10.0 Å². The number of carboxylic acid groups (broad SMARTS) is 1. The highest BCUT2D eigenvalue weighted by Gasteiger charge is 2.32. The Morgan fingerprint density at radius 1 is 1.10 bits per heavy atom. The lowest BCUT2D eigenvalue weighted by Gasteiger charge is -2.35. The normalized spacial score (nSPS) is 15.8. The van der Waals surface area contributed by atoms with Gasteiger partial charge in [-0.2, -0.15) is 4.31 Å². The van der Waals surface area contributed by atoms with Gasteiger partial charge in [-0.15, -0.1) is 0 Å². The van der Waals surface area contributed by atoms with E-state index in [2.05, 4.69) is 4.90 Å². The van der Waals surface area contributed by atoms with Crippen molar-refractivity contribution in [3.05, 3.63) is 53.1 Å². The summed E-state index contributed by atoms with van der Waals surface area (Å²) in [5, 5.41) is 9.87. The Morgan fingerprint density at radius 3 is 2.33 bits per heavy atom. The van der Waals surface area contributed by atoms with Crippen LogP contribution in [0.5, 0.6) is 5.75 Å². The first kappa shape index (κ1) is 22.4. The second kappa shape index (κ2) is 8.45. The van der Waals surface area contributed by atoms with E-state index in [1.165, 1.54) is 36.4 Å². The van der Waals surface area contributed by atoms with Crippen molar-refractivity contribution in [2.24, 2.45) is 0 Å². The van der Waals surface area contributed by atoms with Gasteiger partial charge in [-0.3, -0.25) is 0 Å². The molecule has 0 unspecified atom stereocenters. The van der Waals surface area contributed by atoms with Crippen LogP contribution < -0.4 is 9.64 Å². The van der Waals surface area contributed by atoms with Crippen LogP contribution in [0.2, 0.25) is 5.02 Å². The van der Waals surface area contributed by atoms with Gasteiger partial charge in [0, 0.05) is 36.9 Å². The Hall–Kier alpha value is -2.29. The minimum atomic E-state index is -3.67. The van der Waals surface area contributed by atoms with Crippen LogP contribution in [-0.2, 0) is 14.8 Å². The third-order valence-electron chi connectivity index (χ3n) is 5.08. The summed E-state index contributed by atoms with van der Waals surface area (Å²) >= 11 is 6.05. The quantitative estimate of drug-likeness (QED) is 0.722. The molecule has 0 bridgehead atoms. The molecule has 0 atom stereocenters. The summed E-state index contributed by atoms with van der Waals surface area (Å²) in [6.07, 6.45) is 0. The van der Waals surface area contributed by atoms with Crippen molar-refractivity contribution in [3.63, 3.8) is 0 Å². The van der Waals surface area contributed by atoms with E-state index < -0.39 is 21.6 Å². The average molecular weight is 453 g/mol. The molecule has 2 aromatic rings. The van der Waals surface area contributed by atoms with Crippen LogP contribution in [0.4, 0.5) is 5.69 Å². The first-order valence-electron chi connectivity index (χ1n) is 9.54. The van der Waals surface area contributed by atoms with E-state index in [9.17, 15) is 18.3 Å². The second-order valence-corrected chi connectivity index (χ2v) is 10.1. The molecule has 2 aromatic carbocycles. The summed E-state index contributed by atoms with van der Waals surface area (Å²) in [5.41, 5.74) is 0.114. The van der Waals surface area contributed by atoms with Gasteiger partial charge >= 0.3 is 5.97 Å². The van der Waals surface area contributed by atoms with Crippen LogP contribution in [0.15, 0.2) is 47.4 Å².